The summed E-state index contributed by atoms with van der Waals surface area (Å²) in [4.78, 5) is 10.4. The first-order valence-corrected chi connectivity index (χ1v) is 8.65. The second-order valence-corrected chi connectivity index (χ2v) is 6.16. The maximum atomic E-state index is 13.9. The zero-order valence-corrected chi connectivity index (χ0v) is 17.8. The van der Waals surface area contributed by atoms with Crippen LogP contribution in [0.3, 0.4) is 0 Å². The van der Waals surface area contributed by atoms with Gasteiger partial charge in [-0.3, -0.25) is 4.99 Å². The molecule has 1 aromatic heterocycles. The van der Waals surface area contributed by atoms with Gasteiger partial charge < -0.3 is 20.3 Å². The van der Waals surface area contributed by atoms with Crippen molar-refractivity contribution in [3.63, 3.8) is 0 Å². The highest BCUT2D eigenvalue weighted by atomic mass is 127. The summed E-state index contributed by atoms with van der Waals surface area (Å²) in [7, 11) is 3.40. The van der Waals surface area contributed by atoms with E-state index >= 15 is 0 Å². The Kier molecular flexibility index (Phi) is 8.08. The highest BCUT2D eigenvalue weighted by Gasteiger charge is 2.25. The second-order valence-electron chi connectivity index (χ2n) is 6.16. The zero-order valence-electron chi connectivity index (χ0n) is 15.5. The number of anilines is 1. The molecule has 1 aliphatic heterocycles. The lowest BCUT2D eigenvalue weighted by Gasteiger charge is -2.20. The Labute approximate surface area is 176 Å². The summed E-state index contributed by atoms with van der Waals surface area (Å²) in [6, 6.07) is 11.1. The van der Waals surface area contributed by atoms with E-state index in [0.717, 1.165) is 30.2 Å². The largest absolute Gasteiger partial charge is 0.497 e. The van der Waals surface area contributed by atoms with Crippen molar-refractivity contribution in [1.82, 2.24) is 15.6 Å². The summed E-state index contributed by atoms with van der Waals surface area (Å²) < 4.78 is 19.1. The molecule has 0 aliphatic carbocycles. The van der Waals surface area contributed by atoms with E-state index in [1.165, 1.54) is 6.07 Å². The van der Waals surface area contributed by atoms with Gasteiger partial charge in [0.1, 0.15) is 5.75 Å². The fourth-order valence-corrected chi connectivity index (χ4v) is 3.00. The summed E-state index contributed by atoms with van der Waals surface area (Å²) in [6.07, 6.45) is 2.52. The maximum Gasteiger partial charge on any atom is 0.191 e. The molecule has 2 aromatic rings. The number of pyridine rings is 1. The fraction of sp³-hybridized carbons (Fsp3) is 0.368. The van der Waals surface area contributed by atoms with Crippen molar-refractivity contribution in [2.75, 3.05) is 32.1 Å². The topological polar surface area (TPSA) is 61.8 Å². The molecule has 1 unspecified atom stereocenters. The van der Waals surface area contributed by atoms with E-state index < -0.39 is 0 Å². The number of methoxy groups -OCH3 is 1. The van der Waals surface area contributed by atoms with Crippen molar-refractivity contribution in [3.8, 4) is 5.75 Å². The monoisotopic (exact) mass is 485 g/mol. The molecule has 1 saturated heterocycles. The van der Waals surface area contributed by atoms with Crippen LogP contribution in [0.15, 0.2) is 47.6 Å². The molecule has 146 valence electrons. The normalized spacial score (nSPS) is 16.6. The molecule has 0 saturated carbocycles. The number of benzene rings is 1. The molecular formula is C19H25FIN5O. The van der Waals surface area contributed by atoms with Crippen molar-refractivity contribution in [3.05, 3.63) is 54.0 Å². The third-order valence-electron chi connectivity index (χ3n) is 4.41. The number of aromatic nitrogens is 1. The number of hydrogen-bond acceptors (Lipinski definition) is 4. The summed E-state index contributed by atoms with van der Waals surface area (Å²) in [5.74, 6) is 1.70. The number of halogens is 2. The fourth-order valence-electron chi connectivity index (χ4n) is 3.00. The van der Waals surface area contributed by atoms with E-state index in [1.807, 2.05) is 29.2 Å². The lowest BCUT2D eigenvalue weighted by molar-refractivity contribution is 0.414. The third kappa shape index (κ3) is 5.69. The lowest BCUT2D eigenvalue weighted by Crippen LogP contribution is -2.44. The third-order valence-corrected chi connectivity index (χ3v) is 4.41. The average Bonchev–Trinajstić information content (AvgIpc) is 3.14. The number of ether oxygens (including phenoxy) is 1. The minimum Gasteiger partial charge on any atom is -0.497 e. The van der Waals surface area contributed by atoms with E-state index in [2.05, 4.69) is 20.6 Å². The molecule has 1 fully saturated rings. The number of nitrogens with one attached hydrogen (secondary N) is 2. The van der Waals surface area contributed by atoms with Crippen LogP contribution in [0.2, 0.25) is 0 Å². The Bertz CT molecular complexity index is 756. The van der Waals surface area contributed by atoms with Crippen molar-refractivity contribution in [2.45, 2.75) is 19.0 Å². The van der Waals surface area contributed by atoms with Gasteiger partial charge >= 0.3 is 0 Å². The van der Waals surface area contributed by atoms with Gasteiger partial charge in [0, 0.05) is 38.9 Å². The Morgan fingerprint density at radius 3 is 2.78 bits per heavy atom. The Balaban J connectivity index is 0.00000261. The minimum atomic E-state index is -0.282. The number of rotatable bonds is 5. The van der Waals surface area contributed by atoms with Gasteiger partial charge in [-0.25, -0.2) is 9.37 Å². The average molecular weight is 485 g/mol. The van der Waals surface area contributed by atoms with Crippen LogP contribution >= 0.6 is 24.0 Å². The molecule has 1 aromatic carbocycles. The van der Waals surface area contributed by atoms with Gasteiger partial charge in [0.25, 0.3) is 0 Å². The van der Waals surface area contributed by atoms with Crippen LogP contribution < -0.4 is 20.3 Å². The highest BCUT2D eigenvalue weighted by molar-refractivity contribution is 14.0. The first-order valence-electron chi connectivity index (χ1n) is 8.65. The summed E-state index contributed by atoms with van der Waals surface area (Å²) >= 11 is 0. The number of guanidine groups is 1. The van der Waals surface area contributed by atoms with Crippen LogP contribution in [0.1, 0.15) is 12.0 Å². The molecule has 2 N–H and O–H groups in total. The van der Waals surface area contributed by atoms with Gasteiger partial charge in [-0.2, -0.15) is 0 Å². The standard InChI is InChI=1S/C19H24FN5O.HI/c1-21-19(23-12-14-5-7-16(26-2)8-6-14)24-15-9-11-25(13-15)18-17(20)4-3-10-22-18;/h3-8,10,15H,9,11-13H2,1-2H3,(H2,21,23,24);1H. The molecule has 0 spiro atoms. The van der Waals surface area contributed by atoms with E-state index in [-0.39, 0.29) is 35.8 Å². The SMILES string of the molecule is CN=C(NCc1ccc(OC)cc1)NC1CCN(c2ncccc2F)C1.I. The minimum absolute atomic E-state index is 0. The molecule has 0 radical (unpaired) electrons. The number of nitrogens with zero attached hydrogens (tertiary/aromatic N) is 3. The van der Waals surface area contributed by atoms with Gasteiger partial charge in [-0.05, 0) is 36.2 Å². The highest BCUT2D eigenvalue weighted by Crippen LogP contribution is 2.20. The molecule has 3 rings (SSSR count). The molecule has 1 atom stereocenters. The van der Waals surface area contributed by atoms with Crippen molar-refractivity contribution in [1.29, 1.82) is 0 Å². The van der Waals surface area contributed by atoms with Crippen LogP contribution in [-0.4, -0.2) is 44.2 Å². The Morgan fingerprint density at radius 2 is 2.11 bits per heavy atom. The second kappa shape index (κ2) is 10.3. The molecule has 8 heteroatoms. The quantitative estimate of drug-likeness (QED) is 0.388. The first-order chi connectivity index (χ1) is 12.7. The predicted octanol–water partition coefficient (Wildman–Crippen LogP) is 2.79. The van der Waals surface area contributed by atoms with Gasteiger partial charge in [0.2, 0.25) is 0 Å². The first kappa shape index (κ1) is 21.2. The van der Waals surface area contributed by atoms with Gasteiger partial charge in [0.05, 0.1) is 7.11 Å². The van der Waals surface area contributed by atoms with Gasteiger partial charge in [0.15, 0.2) is 17.6 Å². The summed E-state index contributed by atoms with van der Waals surface area (Å²) in [6.45, 7) is 2.12. The molecule has 1 aliphatic rings. The lowest BCUT2D eigenvalue weighted by atomic mass is 10.2. The molecule has 6 nitrogen and oxygen atoms in total. The van der Waals surface area contributed by atoms with Crippen molar-refractivity contribution in [2.24, 2.45) is 4.99 Å². The predicted molar refractivity (Wildman–Crippen MR) is 117 cm³/mol. The van der Waals surface area contributed by atoms with Crippen LogP contribution in [0.4, 0.5) is 10.2 Å². The van der Waals surface area contributed by atoms with Crippen LogP contribution in [-0.2, 0) is 6.54 Å². The molecule has 0 bridgehead atoms. The van der Waals surface area contributed by atoms with Crippen LogP contribution in [0, 0.1) is 5.82 Å². The van der Waals surface area contributed by atoms with Crippen LogP contribution in [0.25, 0.3) is 0 Å². The summed E-state index contributed by atoms with van der Waals surface area (Å²) in [5.41, 5.74) is 1.14. The molecule has 2 heterocycles. The Morgan fingerprint density at radius 1 is 1.33 bits per heavy atom. The Hall–Kier alpha value is -2.10. The number of hydrogen-bond donors (Lipinski definition) is 2. The van der Waals surface area contributed by atoms with E-state index in [1.54, 1.807) is 26.4 Å². The van der Waals surface area contributed by atoms with Crippen LogP contribution in [0.5, 0.6) is 5.75 Å². The van der Waals surface area contributed by atoms with Crippen molar-refractivity contribution < 1.29 is 9.13 Å². The van der Waals surface area contributed by atoms with Gasteiger partial charge in [-0.1, -0.05) is 12.1 Å². The van der Waals surface area contributed by atoms with E-state index in [4.69, 9.17) is 4.74 Å². The zero-order chi connectivity index (χ0) is 18.4. The summed E-state index contributed by atoms with van der Waals surface area (Å²) in [5, 5.41) is 6.71. The van der Waals surface area contributed by atoms with E-state index in [9.17, 15) is 4.39 Å². The maximum absolute atomic E-state index is 13.9. The molecule has 0 amide bonds. The van der Waals surface area contributed by atoms with Crippen molar-refractivity contribution >= 4 is 35.8 Å². The smallest absolute Gasteiger partial charge is 0.191 e. The van der Waals surface area contributed by atoms with Gasteiger partial charge in [-0.15, -0.1) is 24.0 Å². The van der Waals surface area contributed by atoms with E-state index in [0.29, 0.717) is 18.9 Å². The molecular weight excluding hydrogens is 460 g/mol. The molecule has 27 heavy (non-hydrogen) atoms. The number of aliphatic imine (C=N–C) groups is 1.